The summed E-state index contributed by atoms with van der Waals surface area (Å²) in [5.41, 5.74) is 0. The van der Waals surface area contributed by atoms with Crippen molar-refractivity contribution < 1.29 is 0 Å². The van der Waals surface area contributed by atoms with Gasteiger partial charge in [0.15, 0.2) is 0 Å². The van der Waals surface area contributed by atoms with Crippen LogP contribution in [-0.2, 0) is 0 Å². The quantitative estimate of drug-likeness (QED) is 0.711. The topological polar surface area (TPSA) is 12.0 Å². The Morgan fingerprint density at radius 3 is 2.33 bits per heavy atom. The fraction of sp³-hybridized carbons (Fsp3) is 0.778. The lowest BCUT2D eigenvalue weighted by Crippen LogP contribution is -2.49. The molecule has 0 aliphatic heterocycles. The average molecular weight is 368 g/mol. The molecule has 1 N–H and O–H groups in total. The number of rotatable bonds is 5. The molecule has 1 nitrogen and oxygen atoms in total. The van der Waals surface area contributed by atoms with Gasteiger partial charge < -0.3 is 5.32 Å². The molecule has 0 spiro atoms. The van der Waals surface area contributed by atoms with E-state index < -0.39 is 0 Å². The van der Waals surface area contributed by atoms with E-state index in [0.717, 1.165) is 36.1 Å². The largest absolute Gasteiger partial charge is 0.309 e. The van der Waals surface area contributed by atoms with Crippen molar-refractivity contribution in [1.29, 1.82) is 0 Å². The summed E-state index contributed by atoms with van der Waals surface area (Å²) in [6.07, 6.45) is 8.87. The highest BCUT2D eigenvalue weighted by molar-refractivity contribution is 9.11. The van der Waals surface area contributed by atoms with E-state index in [4.69, 9.17) is 0 Å². The van der Waals surface area contributed by atoms with Crippen molar-refractivity contribution in [3.63, 3.8) is 0 Å². The van der Waals surface area contributed by atoms with E-state index in [0.29, 0.717) is 6.04 Å². The van der Waals surface area contributed by atoms with E-state index in [1.807, 2.05) is 11.3 Å². The van der Waals surface area contributed by atoms with Crippen molar-refractivity contribution in [2.75, 3.05) is 6.54 Å². The third kappa shape index (κ3) is 2.74. The van der Waals surface area contributed by atoms with Gasteiger partial charge in [0.25, 0.3) is 0 Å². The van der Waals surface area contributed by atoms with Gasteiger partial charge in [-0.1, -0.05) is 6.92 Å². The molecule has 1 aromatic rings. The number of hydrogen-bond donors (Lipinski definition) is 1. The second kappa shape index (κ2) is 5.98. The highest BCUT2D eigenvalue weighted by Crippen LogP contribution is 2.59. The molecule has 1 heterocycles. The SMILES string of the molecule is CCCNC(c1ccc(Br)s1)C1C2CC3CC(C2)CC1C3. The first-order valence-electron chi connectivity index (χ1n) is 8.73. The van der Waals surface area contributed by atoms with Crippen LogP contribution in [0.3, 0.4) is 0 Å². The first-order valence-corrected chi connectivity index (χ1v) is 10.3. The van der Waals surface area contributed by atoms with Crippen molar-refractivity contribution in [1.82, 2.24) is 5.32 Å². The lowest BCUT2D eigenvalue weighted by molar-refractivity contribution is -0.0519. The van der Waals surface area contributed by atoms with Gasteiger partial charge in [0.2, 0.25) is 0 Å². The Morgan fingerprint density at radius 2 is 1.81 bits per heavy atom. The summed E-state index contributed by atoms with van der Waals surface area (Å²) in [6.45, 7) is 3.44. The predicted octanol–water partition coefficient (Wildman–Crippen LogP) is 5.62. The fourth-order valence-corrected chi connectivity index (χ4v) is 7.29. The second-order valence-electron chi connectivity index (χ2n) is 7.58. The predicted molar refractivity (Wildman–Crippen MR) is 93.6 cm³/mol. The van der Waals surface area contributed by atoms with Crippen LogP contribution in [0.2, 0.25) is 0 Å². The zero-order chi connectivity index (χ0) is 14.4. The summed E-state index contributed by atoms with van der Waals surface area (Å²) in [5.74, 6) is 5.04. The van der Waals surface area contributed by atoms with Crippen LogP contribution in [0.25, 0.3) is 0 Å². The Morgan fingerprint density at radius 1 is 1.14 bits per heavy atom. The van der Waals surface area contributed by atoms with E-state index in [2.05, 4.69) is 40.3 Å². The summed E-state index contributed by atoms with van der Waals surface area (Å²) in [5, 5.41) is 3.92. The van der Waals surface area contributed by atoms with E-state index in [9.17, 15) is 0 Å². The van der Waals surface area contributed by atoms with Gasteiger partial charge in [0.1, 0.15) is 0 Å². The van der Waals surface area contributed by atoms with Crippen molar-refractivity contribution in [2.45, 2.75) is 51.5 Å². The van der Waals surface area contributed by atoms with Gasteiger partial charge in [-0.15, -0.1) is 11.3 Å². The van der Waals surface area contributed by atoms with Gasteiger partial charge >= 0.3 is 0 Å². The van der Waals surface area contributed by atoms with Crippen molar-refractivity contribution in [2.24, 2.45) is 29.6 Å². The van der Waals surface area contributed by atoms with Crippen molar-refractivity contribution in [3.8, 4) is 0 Å². The zero-order valence-electron chi connectivity index (χ0n) is 12.9. The molecule has 1 aromatic heterocycles. The van der Waals surface area contributed by atoms with Crippen molar-refractivity contribution in [3.05, 3.63) is 20.8 Å². The van der Waals surface area contributed by atoms with Crippen LogP contribution in [0.4, 0.5) is 0 Å². The number of hydrogen-bond acceptors (Lipinski definition) is 2. The molecule has 5 rings (SSSR count). The van der Waals surface area contributed by atoms with E-state index in [1.54, 1.807) is 11.3 Å². The van der Waals surface area contributed by atoms with Gasteiger partial charge in [-0.25, -0.2) is 0 Å². The summed E-state index contributed by atoms with van der Waals surface area (Å²) in [7, 11) is 0. The van der Waals surface area contributed by atoms with E-state index in [1.165, 1.54) is 35.9 Å². The number of nitrogens with one attached hydrogen (secondary N) is 1. The molecule has 0 saturated heterocycles. The minimum Gasteiger partial charge on any atom is -0.309 e. The molecule has 116 valence electrons. The molecule has 0 aromatic carbocycles. The molecule has 0 radical (unpaired) electrons. The zero-order valence-corrected chi connectivity index (χ0v) is 15.3. The van der Waals surface area contributed by atoms with Crippen LogP contribution in [0.1, 0.15) is 56.4 Å². The molecule has 4 aliphatic rings. The fourth-order valence-electron chi connectivity index (χ4n) is 5.73. The minimum atomic E-state index is 0.608. The molecule has 0 amide bonds. The Kier molecular flexibility index (Phi) is 4.19. The summed E-state index contributed by atoms with van der Waals surface area (Å²) < 4.78 is 1.28. The van der Waals surface area contributed by atoms with Crippen LogP contribution in [-0.4, -0.2) is 6.54 Å². The third-order valence-electron chi connectivity index (χ3n) is 6.20. The van der Waals surface area contributed by atoms with E-state index >= 15 is 0 Å². The summed E-state index contributed by atoms with van der Waals surface area (Å²) in [6, 6.07) is 5.19. The monoisotopic (exact) mass is 367 g/mol. The van der Waals surface area contributed by atoms with Crippen LogP contribution in [0.5, 0.6) is 0 Å². The maximum absolute atomic E-state index is 3.92. The maximum atomic E-state index is 3.92. The van der Waals surface area contributed by atoms with Gasteiger partial charge in [-0.05, 0) is 103 Å². The van der Waals surface area contributed by atoms with Gasteiger partial charge in [0, 0.05) is 10.9 Å². The Balaban J connectivity index is 1.60. The van der Waals surface area contributed by atoms with Gasteiger partial charge in [-0.2, -0.15) is 0 Å². The van der Waals surface area contributed by atoms with Gasteiger partial charge in [0.05, 0.1) is 3.79 Å². The van der Waals surface area contributed by atoms with Crippen LogP contribution in [0, 0.1) is 29.6 Å². The molecule has 21 heavy (non-hydrogen) atoms. The molecular formula is C18H26BrNS. The number of thiophene rings is 1. The Hall–Kier alpha value is 0.140. The Bertz CT molecular complexity index is 469. The first-order chi connectivity index (χ1) is 10.2. The minimum absolute atomic E-state index is 0.608. The highest BCUT2D eigenvalue weighted by Gasteiger charge is 2.50. The molecular weight excluding hydrogens is 342 g/mol. The van der Waals surface area contributed by atoms with Crippen LogP contribution < -0.4 is 5.32 Å². The first kappa shape index (κ1) is 14.7. The normalized spacial score (nSPS) is 38.9. The highest BCUT2D eigenvalue weighted by atomic mass is 79.9. The average Bonchev–Trinajstić information content (AvgIpc) is 2.87. The molecule has 4 aliphatic carbocycles. The lowest BCUT2D eigenvalue weighted by Gasteiger charge is -2.56. The van der Waals surface area contributed by atoms with E-state index in [-0.39, 0.29) is 0 Å². The lowest BCUT2D eigenvalue weighted by atomic mass is 9.50. The third-order valence-corrected chi connectivity index (χ3v) is 7.91. The second-order valence-corrected chi connectivity index (χ2v) is 10.1. The van der Waals surface area contributed by atoms with Gasteiger partial charge in [-0.3, -0.25) is 0 Å². The van der Waals surface area contributed by atoms with Crippen LogP contribution in [0.15, 0.2) is 15.9 Å². The molecule has 4 saturated carbocycles. The number of halogens is 1. The summed E-state index contributed by atoms with van der Waals surface area (Å²) >= 11 is 5.61. The Labute approximate surface area is 141 Å². The summed E-state index contributed by atoms with van der Waals surface area (Å²) in [4.78, 5) is 1.56. The maximum Gasteiger partial charge on any atom is 0.0701 e. The molecule has 4 fully saturated rings. The van der Waals surface area contributed by atoms with Crippen molar-refractivity contribution >= 4 is 27.3 Å². The molecule has 4 bridgehead atoms. The smallest absolute Gasteiger partial charge is 0.0701 e. The molecule has 3 heteroatoms. The van der Waals surface area contributed by atoms with Crippen LogP contribution >= 0.6 is 27.3 Å². The molecule has 1 unspecified atom stereocenters. The standard InChI is InChI=1S/C18H26BrNS/c1-2-5-20-18(15-3-4-16(19)21-15)17-13-7-11-6-12(9-13)10-14(17)8-11/h3-4,11-14,17-18,20H,2,5-10H2,1H3. The molecule has 1 atom stereocenters.